The Morgan fingerprint density at radius 1 is 1.06 bits per heavy atom. The van der Waals surface area contributed by atoms with Crippen LogP contribution in [0.25, 0.3) is 0 Å². The van der Waals surface area contributed by atoms with Crippen LogP contribution in [-0.4, -0.2) is 30.2 Å². The van der Waals surface area contributed by atoms with Gasteiger partial charge in [-0.3, -0.25) is 9.59 Å². The van der Waals surface area contributed by atoms with E-state index in [1.165, 1.54) is 6.92 Å². The summed E-state index contributed by atoms with van der Waals surface area (Å²) < 4.78 is 11.2. The van der Waals surface area contributed by atoms with Gasteiger partial charge in [0.15, 0.2) is 0 Å². The summed E-state index contributed by atoms with van der Waals surface area (Å²) in [7, 11) is 0. The number of aliphatic carboxylic acids is 1. The van der Waals surface area contributed by atoms with E-state index in [-0.39, 0.29) is 12.5 Å². The van der Waals surface area contributed by atoms with E-state index in [0.29, 0.717) is 53.9 Å². The van der Waals surface area contributed by atoms with Gasteiger partial charge >= 0.3 is 5.97 Å². The van der Waals surface area contributed by atoms with Crippen LogP contribution in [0.3, 0.4) is 0 Å². The molecule has 0 spiro atoms. The highest BCUT2D eigenvalue weighted by atomic mass is 35.5. The molecule has 0 aliphatic rings. The number of ether oxygens (including phenoxy) is 2. The van der Waals surface area contributed by atoms with E-state index in [1.807, 2.05) is 26.0 Å². The van der Waals surface area contributed by atoms with Gasteiger partial charge in [0, 0.05) is 24.6 Å². The summed E-state index contributed by atoms with van der Waals surface area (Å²) in [6, 6.07) is 10.8. The largest absolute Gasteiger partial charge is 0.494 e. The first kappa shape index (κ1) is 24.3. The second-order valence-corrected chi connectivity index (χ2v) is 7.42. The van der Waals surface area contributed by atoms with Crippen molar-refractivity contribution in [2.45, 2.75) is 40.2 Å². The van der Waals surface area contributed by atoms with Crippen LogP contribution < -0.4 is 20.1 Å². The molecule has 0 aliphatic carbocycles. The smallest absolute Gasteiger partial charge is 0.306 e. The highest BCUT2D eigenvalue weighted by Gasteiger charge is 2.15. The summed E-state index contributed by atoms with van der Waals surface area (Å²) in [6.45, 7) is 6.47. The number of rotatable bonds is 12. The van der Waals surface area contributed by atoms with Crippen molar-refractivity contribution >= 4 is 34.9 Å². The summed E-state index contributed by atoms with van der Waals surface area (Å²) in [5.74, 6) is -0.158. The van der Waals surface area contributed by atoms with Gasteiger partial charge in [-0.2, -0.15) is 0 Å². The number of nitrogens with one attached hydrogen (secondary N) is 2. The Morgan fingerprint density at radius 3 is 2.39 bits per heavy atom. The van der Waals surface area contributed by atoms with Gasteiger partial charge in [-0.25, -0.2) is 0 Å². The van der Waals surface area contributed by atoms with Crippen LogP contribution in [0.2, 0.25) is 5.02 Å². The zero-order chi connectivity index (χ0) is 22.8. The fraction of sp³-hybridized carbons (Fsp3) is 0.391. The second kappa shape index (κ2) is 12.1. The minimum Gasteiger partial charge on any atom is -0.494 e. The maximum Gasteiger partial charge on any atom is 0.306 e. The third-order valence-electron chi connectivity index (χ3n) is 4.68. The number of carbonyl (C=O) groups excluding carboxylic acids is 1. The van der Waals surface area contributed by atoms with Crippen LogP contribution in [0.5, 0.6) is 11.5 Å². The number of hydrogen-bond donors (Lipinski definition) is 3. The molecule has 0 saturated heterocycles. The molecule has 1 atom stereocenters. The van der Waals surface area contributed by atoms with E-state index in [9.17, 15) is 9.59 Å². The Kier molecular flexibility index (Phi) is 9.46. The Morgan fingerprint density at radius 2 is 1.77 bits per heavy atom. The van der Waals surface area contributed by atoms with Crippen molar-refractivity contribution < 1.29 is 24.2 Å². The second-order valence-electron chi connectivity index (χ2n) is 7.01. The Balaban J connectivity index is 2.11. The summed E-state index contributed by atoms with van der Waals surface area (Å²) >= 11 is 6.36. The lowest BCUT2D eigenvalue weighted by molar-refractivity contribution is -0.142. The summed E-state index contributed by atoms with van der Waals surface area (Å²) in [5.41, 5.74) is 2.15. The summed E-state index contributed by atoms with van der Waals surface area (Å²) in [5, 5.41) is 15.8. The topological polar surface area (TPSA) is 96.9 Å². The molecule has 2 aromatic carbocycles. The molecule has 1 unspecified atom stereocenters. The number of carboxylic acid groups (broad SMARTS) is 1. The molecule has 8 heteroatoms. The molecule has 2 aromatic rings. The number of halogens is 1. The van der Waals surface area contributed by atoms with E-state index in [0.717, 1.165) is 5.56 Å². The van der Waals surface area contributed by atoms with Gasteiger partial charge in [0.25, 0.3) is 0 Å². The number of amides is 1. The lowest BCUT2D eigenvalue weighted by Crippen LogP contribution is -2.16. The van der Waals surface area contributed by atoms with Gasteiger partial charge in [-0.1, -0.05) is 24.6 Å². The molecule has 1 amide bonds. The van der Waals surface area contributed by atoms with Crippen LogP contribution in [0.1, 0.15) is 39.2 Å². The normalized spacial score (nSPS) is 11.5. The molecule has 31 heavy (non-hydrogen) atoms. The predicted octanol–water partition coefficient (Wildman–Crippen LogP) is 5.19. The number of carbonyl (C=O) groups is 2. The van der Waals surface area contributed by atoms with Gasteiger partial charge in [0.05, 0.1) is 30.5 Å². The molecular formula is C23H29ClN2O5. The molecule has 0 aromatic heterocycles. The molecule has 0 heterocycles. The molecule has 2 rings (SSSR count). The van der Waals surface area contributed by atoms with Crippen LogP contribution in [0, 0.1) is 5.92 Å². The zero-order valence-electron chi connectivity index (χ0n) is 18.0. The first-order valence-corrected chi connectivity index (χ1v) is 10.6. The van der Waals surface area contributed by atoms with E-state index in [1.54, 1.807) is 24.3 Å². The molecule has 0 fully saturated rings. The number of hydrogen-bond acceptors (Lipinski definition) is 5. The first-order valence-electron chi connectivity index (χ1n) is 10.3. The molecule has 0 aliphatic heterocycles. The van der Waals surface area contributed by atoms with Crippen LogP contribution in [-0.2, 0) is 16.1 Å². The molecule has 7 nitrogen and oxygen atoms in total. The van der Waals surface area contributed by atoms with E-state index in [2.05, 4.69) is 10.6 Å². The number of carboxylic acids is 1. The average Bonchev–Trinajstić information content (AvgIpc) is 2.71. The molecule has 168 valence electrons. The highest BCUT2D eigenvalue weighted by Crippen LogP contribution is 2.30. The van der Waals surface area contributed by atoms with Crippen molar-refractivity contribution in [1.82, 2.24) is 0 Å². The van der Waals surface area contributed by atoms with Crippen LogP contribution in [0.15, 0.2) is 36.4 Å². The Bertz CT molecular complexity index is 904. The van der Waals surface area contributed by atoms with Crippen molar-refractivity contribution in [3.63, 3.8) is 0 Å². The van der Waals surface area contributed by atoms with Crippen molar-refractivity contribution in [2.75, 3.05) is 23.8 Å². The molecule has 3 N–H and O–H groups in total. The van der Waals surface area contributed by atoms with Gasteiger partial charge in [0.1, 0.15) is 11.5 Å². The van der Waals surface area contributed by atoms with E-state index in [4.69, 9.17) is 26.2 Å². The van der Waals surface area contributed by atoms with Crippen LogP contribution >= 0.6 is 11.6 Å². The quantitative estimate of drug-likeness (QED) is 0.413. The Labute approximate surface area is 187 Å². The van der Waals surface area contributed by atoms with Gasteiger partial charge in [0.2, 0.25) is 5.91 Å². The first-order chi connectivity index (χ1) is 14.8. The fourth-order valence-electron chi connectivity index (χ4n) is 3.00. The Hall–Kier alpha value is -2.93. The van der Waals surface area contributed by atoms with Crippen molar-refractivity contribution in [2.24, 2.45) is 5.92 Å². The molecular weight excluding hydrogens is 420 g/mol. The predicted molar refractivity (Wildman–Crippen MR) is 122 cm³/mol. The minimum atomic E-state index is -0.818. The molecule has 0 radical (unpaired) electrons. The number of benzene rings is 2. The van der Waals surface area contributed by atoms with Crippen molar-refractivity contribution in [3.8, 4) is 11.5 Å². The SMILES string of the molecule is CCOc1ccc(CNc2cc(OCCC(CC)C(=O)O)ccc2NC(C)=O)c(Cl)c1. The lowest BCUT2D eigenvalue weighted by atomic mass is 10.0. The maximum atomic E-state index is 11.6. The summed E-state index contributed by atoms with van der Waals surface area (Å²) in [4.78, 5) is 22.7. The summed E-state index contributed by atoms with van der Waals surface area (Å²) in [6.07, 6.45) is 0.972. The maximum absolute atomic E-state index is 11.6. The van der Waals surface area contributed by atoms with Gasteiger partial charge in [-0.15, -0.1) is 0 Å². The number of anilines is 2. The lowest BCUT2D eigenvalue weighted by Gasteiger charge is -2.16. The third kappa shape index (κ3) is 7.68. The highest BCUT2D eigenvalue weighted by molar-refractivity contribution is 6.31. The van der Waals surface area contributed by atoms with Crippen molar-refractivity contribution in [1.29, 1.82) is 0 Å². The molecule has 0 saturated carbocycles. The van der Waals surface area contributed by atoms with Gasteiger partial charge in [-0.05, 0) is 49.6 Å². The average molecular weight is 449 g/mol. The van der Waals surface area contributed by atoms with Crippen molar-refractivity contribution in [3.05, 3.63) is 47.0 Å². The monoisotopic (exact) mass is 448 g/mol. The standard InChI is InChI=1S/C23H29ClN2O5/c1-4-16(23(28)29)10-11-31-19-8-9-21(26-15(3)27)22(13-19)25-14-17-6-7-18(30-5-2)12-20(17)24/h6-9,12-13,16,25H,4-5,10-11,14H2,1-3H3,(H,26,27)(H,28,29). The van der Waals surface area contributed by atoms with E-state index < -0.39 is 11.9 Å². The third-order valence-corrected chi connectivity index (χ3v) is 5.04. The fourth-order valence-corrected chi connectivity index (χ4v) is 3.23. The van der Waals surface area contributed by atoms with E-state index >= 15 is 0 Å². The minimum absolute atomic E-state index is 0.192. The van der Waals surface area contributed by atoms with Crippen LogP contribution in [0.4, 0.5) is 11.4 Å². The molecule has 0 bridgehead atoms. The zero-order valence-corrected chi connectivity index (χ0v) is 18.8. The van der Waals surface area contributed by atoms with Gasteiger partial charge < -0.3 is 25.2 Å².